The summed E-state index contributed by atoms with van der Waals surface area (Å²) in [5.74, 6) is 3.59. The van der Waals surface area contributed by atoms with Gasteiger partial charge in [0.1, 0.15) is 5.75 Å². The summed E-state index contributed by atoms with van der Waals surface area (Å²) in [7, 11) is 1.72. The number of amides is 1. The van der Waals surface area contributed by atoms with Crippen molar-refractivity contribution in [3.05, 3.63) is 24.3 Å². The Kier molecular flexibility index (Phi) is 4.38. The summed E-state index contributed by atoms with van der Waals surface area (Å²) in [6, 6.07) is 8.20. The number of rotatable bonds is 5. The van der Waals surface area contributed by atoms with Gasteiger partial charge in [-0.3, -0.25) is 4.79 Å². The molecule has 1 saturated heterocycles. The summed E-state index contributed by atoms with van der Waals surface area (Å²) < 4.78 is 5.48. The van der Waals surface area contributed by atoms with E-state index >= 15 is 0 Å². The maximum atomic E-state index is 12.5. The third kappa shape index (κ3) is 2.99. The van der Waals surface area contributed by atoms with Crippen LogP contribution in [0, 0.1) is 23.7 Å². The van der Waals surface area contributed by atoms with Crippen LogP contribution in [0.3, 0.4) is 0 Å². The van der Waals surface area contributed by atoms with Gasteiger partial charge in [-0.05, 0) is 55.6 Å². The quantitative estimate of drug-likeness (QED) is 0.903. The van der Waals surface area contributed by atoms with Crippen LogP contribution < -0.4 is 15.0 Å². The second-order valence-corrected chi connectivity index (χ2v) is 7.80. The first kappa shape index (κ1) is 15.8. The van der Waals surface area contributed by atoms with Crippen LogP contribution in [0.5, 0.6) is 5.75 Å². The first-order chi connectivity index (χ1) is 11.7. The molecule has 1 heterocycles. The Labute approximate surface area is 144 Å². The van der Waals surface area contributed by atoms with Crippen molar-refractivity contribution in [1.82, 2.24) is 5.32 Å². The average Bonchev–Trinajstić information content (AvgIpc) is 3.36. The van der Waals surface area contributed by atoms with E-state index in [0.717, 1.165) is 44.1 Å². The van der Waals surface area contributed by atoms with Crippen molar-refractivity contribution in [2.45, 2.75) is 32.1 Å². The molecule has 2 saturated carbocycles. The molecular formula is C20H28N2O2. The fraction of sp³-hybridized carbons (Fsp3) is 0.650. The molecule has 0 aromatic heterocycles. The van der Waals surface area contributed by atoms with Crippen molar-refractivity contribution in [3.8, 4) is 5.75 Å². The van der Waals surface area contributed by atoms with Gasteiger partial charge in [0.25, 0.3) is 0 Å². The zero-order chi connectivity index (χ0) is 16.5. The number of carbonyl (C=O) groups is 1. The monoisotopic (exact) mass is 328 g/mol. The molecular weight excluding hydrogens is 300 g/mol. The molecule has 0 radical (unpaired) electrons. The van der Waals surface area contributed by atoms with Crippen molar-refractivity contribution in [2.24, 2.45) is 23.7 Å². The number of hydrogen-bond acceptors (Lipinski definition) is 3. The van der Waals surface area contributed by atoms with Crippen LogP contribution >= 0.6 is 0 Å². The van der Waals surface area contributed by atoms with E-state index in [1.807, 2.05) is 12.1 Å². The minimum atomic E-state index is 0.301. The molecule has 4 rings (SSSR count). The number of fused-ring (bicyclic) bond motifs is 2. The Morgan fingerprint density at radius 1 is 1.25 bits per heavy atom. The zero-order valence-corrected chi connectivity index (χ0v) is 14.5. The second kappa shape index (κ2) is 6.66. The minimum Gasteiger partial charge on any atom is -0.495 e. The summed E-state index contributed by atoms with van der Waals surface area (Å²) in [6.07, 6.45) is 6.19. The molecule has 1 amide bonds. The summed E-state index contributed by atoms with van der Waals surface area (Å²) in [5.41, 5.74) is 1.17. The number of ether oxygens (including phenoxy) is 1. The van der Waals surface area contributed by atoms with E-state index in [4.69, 9.17) is 4.74 Å². The van der Waals surface area contributed by atoms with Crippen LogP contribution in [0.4, 0.5) is 5.69 Å². The molecule has 0 spiro atoms. The van der Waals surface area contributed by atoms with Gasteiger partial charge in [-0.25, -0.2) is 0 Å². The lowest BCUT2D eigenvalue weighted by atomic mass is 9.88. The van der Waals surface area contributed by atoms with Gasteiger partial charge in [0.2, 0.25) is 5.91 Å². The highest BCUT2D eigenvalue weighted by Gasteiger charge is 2.43. The van der Waals surface area contributed by atoms with Crippen molar-refractivity contribution in [3.63, 3.8) is 0 Å². The van der Waals surface area contributed by atoms with Gasteiger partial charge >= 0.3 is 0 Å². The smallest absolute Gasteiger partial charge is 0.223 e. The fourth-order valence-corrected chi connectivity index (χ4v) is 5.05. The predicted molar refractivity (Wildman–Crippen MR) is 95.3 cm³/mol. The molecule has 1 aliphatic heterocycles. The number of nitrogens with one attached hydrogen (secondary N) is 1. The van der Waals surface area contributed by atoms with E-state index in [2.05, 4.69) is 22.3 Å². The highest BCUT2D eigenvalue weighted by Crippen LogP contribution is 2.48. The number of anilines is 1. The van der Waals surface area contributed by atoms with Crippen LogP contribution in [0.15, 0.2) is 24.3 Å². The summed E-state index contributed by atoms with van der Waals surface area (Å²) in [5, 5.41) is 3.26. The maximum Gasteiger partial charge on any atom is 0.223 e. The highest BCUT2D eigenvalue weighted by atomic mass is 16.5. The number of methoxy groups -OCH3 is 1. The summed E-state index contributed by atoms with van der Waals surface area (Å²) >= 11 is 0. The molecule has 3 aliphatic rings. The molecule has 4 nitrogen and oxygen atoms in total. The lowest BCUT2D eigenvalue weighted by Crippen LogP contribution is -2.37. The number of nitrogens with zero attached hydrogens (tertiary/aromatic N) is 1. The van der Waals surface area contributed by atoms with Crippen LogP contribution in [0.2, 0.25) is 0 Å². The first-order valence-corrected chi connectivity index (χ1v) is 9.40. The van der Waals surface area contributed by atoms with Gasteiger partial charge in [-0.2, -0.15) is 0 Å². The Balaban J connectivity index is 1.29. The van der Waals surface area contributed by atoms with Gasteiger partial charge in [0.05, 0.1) is 12.8 Å². The molecule has 2 aliphatic carbocycles. The van der Waals surface area contributed by atoms with E-state index in [1.165, 1.54) is 24.9 Å². The minimum absolute atomic E-state index is 0.301. The third-order valence-corrected chi connectivity index (χ3v) is 6.35. The van der Waals surface area contributed by atoms with Gasteiger partial charge in [-0.15, -0.1) is 0 Å². The lowest BCUT2D eigenvalue weighted by molar-refractivity contribution is -0.126. The summed E-state index contributed by atoms with van der Waals surface area (Å²) in [6.45, 7) is 2.85. The standard InChI is InChI=1S/C20H28N2O2/c1-24-19-5-3-2-4-18(19)22-9-8-15(13-22)12-21-20(23)17-11-14-6-7-16(17)10-14/h2-5,14-17H,6-13H2,1H3,(H,21,23)/t14-,15+,16-,17-/m0/s1. The number of carbonyl (C=O) groups excluding carboxylic acids is 1. The number of benzene rings is 1. The number of hydrogen-bond donors (Lipinski definition) is 1. The molecule has 4 heteroatoms. The van der Waals surface area contributed by atoms with Crippen molar-refractivity contribution < 1.29 is 9.53 Å². The fourth-order valence-electron chi connectivity index (χ4n) is 5.05. The van der Waals surface area contributed by atoms with Crippen LogP contribution in [-0.4, -0.2) is 32.7 Å². The van der Waals surface area contributed by atoms with Gasteiger partial charge in [0, 0.05) is 25.6 Å². The molecule has 24 heavy (non-hydrogen) atoms. The van der Waals surface area contributed by atoms with Crippen LogP contribution in [0.1, 0.15) is 32.1 Å². The predicted octanol–water partition coefficient (Wildman–Crippen LogP) is 3.07. The van der Waals surface area contributed by atoms with E-state index in [0.29, 0.717) is 23.7 Å². The van der Waals surface area contributed by atoms with Crippen LogP contribution in [0.25, 0.3) is 0 Å². The largest absolute Gasteiger partial charge is 0.495 e. The lowest BCUT2D eigenvalue weighted by Gasteiger charge is -2.23. The molecule has 4 atom stereocenters. The molecule has 0 unspecified atom stereocenters. The van der Waals surface area contributed by atoms with Gasteiger partial charge < -0.3 is 15.0 Å². The zero-order valence-electron chi connectivity index (χ0n) is 14.5. The van der Waals surface area contributed by atoms with Crippen molar-refractivity contribution in [1.29, 1.82) is 0 Å². The topological polar surface area (TPSA) is 41.6 Å². The second-order valence-electron chi connectivity index (χ2n) is 7.80. The Bertz CT molecular complexity index is 603. The third-order valence-electron chi connectivity index (χ3n) is 6.35. The normalized spacial score (nSPS) is 31.5. The van der Waals surface area contributed by atoms with E-state index in [9.17, 15) is 4.79 Å². The molecule has 130 valence electrons. The molecule has 3 fully saturated rings. The SMILES string of the molecule is COc1ccccc1N1CC[C@H](CNC(=O)[C@H]2C[C@H]3CC[C@H]2C3)C1. The Hall–Kier alpha value is -1.71. The average molecular weight is 328 g/mol. The van der Waals surface area contributed by atoms with Gasteiger partial charge in [-0.1, -0.05) is 18.6 Å². The van der Waals surface area contributed by atoms with Gasteiger partial charge in [0.15, 0.2) is 0 Å². The Morgan fingerprint density at radius 2 is 2.12 bits per heavy atom. The summed E-state index contributed by atoms with van der Waals surface area (Å²) in [4.78, 5) is 14.9. The molecule has 1 aromatic rings. The van der Waals surface area contributed by atoms with E-state index in [-0.39, 0.29) is 0 Å². The van der Waals surface area contributed by atoms with Crippen LogP contribution in [-0.2, 0) is 4.79 Å². The highest BCUT2D eigenvalue weighted by molar-refractivity contribution is 5.79. The first-order valence-electron chi connectivity index (χ1n) is 9.40. The maximum absolute atomic E-state index is 12.5. The Morgan fingerprint density at radius 3 is 2.88 bits per heavy atom. The van der Waals surface area contributed by atoms with E-state index < -0.39 is 0 Å². The molecule has 2 bridgehead atoms. The van der Waals surface area contributed by atoms with Crippen molar-refractivity contribution >= 4 is 11.6 Å². The number of para-hydroxylation sites is 2. The van der Waals surface area contributed by atoms with E-state index in [1.54, 1.807) is 7.11 Å². The van der Waals surface area contributed by atoms with Crippen molar-refractivity contribution in [2.75, 3.05) is 31.6 Å². The molecule has 1 N–H and O–H groups in total. The molecule has 1 aromatic carbocycles.